The van der Waals surface area contributed by atoms with Crippen molar-refractivity contribution >= 4 is 56.7 Å². The molecule has 0 radical (unpaired) electrons. The first-order chi connectivity index (χ1) is 16.1. The number of thioether (sulfide) groups is 1. The number of thiophene rings is 1. The van der Waals surface area contributed by atoms with Crippen molar-refractivity contribution in [2.75, 3.05) is 36.2 Å². The molecule has 0 spiro atoms. The predicted molar refractivity (Wildman–Crippen MR) is 135 cm³/mol. The highest BCUT2D eigenvalue weighted by atomic mass is 32.2. The van der Waals surface area contributed by atoms with Crippen LogP contribution in [-0.4, -0.2) is 47.8 Å². The average Bonchev–Trinajstić information content (AvgIpc) is 3.29. The Morgan fingerprint density at radius 3 is 2.61 bits per heavy atom. The van der Waals surface area contributed by atoms with Gasteiger partial charge in [0.25, 0.3) is 5.91 Å². The first-order valence-electron chi connectivity index (χ1n) is 11.3. The minimum absolute atomic E-state index is 0.202. The van der Waals surface area contributed by atoms with Gasteiger partial charge in [0, 0.05) is 18.8 Å². The molecule has 174 valence electrons. The molecule has 1 aliphatic heterocycles. The molecule has 1 fully saturated rings. The third kappa shape index (κ3) is 5.65. The van der Waals surface area contributed by atoms with E-state index in [1.807, 2.05) is 19.2 Å². The molecule has 1 aromatic carbocycles. The van der Waals surface area contributed by atoms with Crippen LogP contribution in [0.15, 0.2) is 35.5 Å². The van der Waals surface area contributed by atoms with Crippen molar-refractivity contribution in [1.82, 2.24) is 9.97 Å². The van der Waals surface area contributed by atoms with Gasteiger partial charge < -0.3 is 15.0 Å². The number of carbonyl (C=O) groups excluding carboxylic acids is 2. The highest BCUT2D eigenvalue weighted by Gasteiger charge is 2.21. The molecule has 0 atom stereocenters. The van der Waals surface area contributed by atoms with Crippen molar-refractivity contribution in [2.45, 2.75) is 44.2 Å². The summed E-state index contributed by atoms with van der Waals surface area (Å²) >= 11 is 2.89. The zero-order valence-corrected chi connectivity index (χ0v) is 20.6. The molecule has 3 aromatic rings. The number of amides is 1. The third-order valence-electron chi connectivity index (χ3n) is 5.52. The molecule has 1 aliphatic rings. The molecule has 1 saturated heterocycles. The summed E-state index contributed by atoms with van der Waals surface area (Å²) in [7, 11) is 0. The Labute approximate surface area is 201 Å². The highest BCUT2D eigenvalue weighted by Crippen LogP contribution is 2.34. The quantitative estimate of drug-likeness (QED) is 0.192. The van der Waals surface area contributed by atoms with Crippen LogP contribution in [0.4, 0.5) is 11.5 Å². The molecular weight excluding hydrogens is 456 g/mol. The Hall–Kier alpha value is -2.65. The molecule has 33 heavy (non-hydrogen) atoms. The van der Waals surface area contributed by atoms with E-state index in [0.717, 1.165) is 60.0 Å². The standard InChI is InChI=1S/C24H28N4O3S2/c1-3-4-14-31-23(30)16-8-10-17(11-9-16)25-21(29)19-15-18-20(28-12-6-5-7-13-28)26-24(32-2)27-22(18)33-19/h8-11,15H,3-7,12-14H2,1-2H3,(H,25,29). The first kappa shape index (κ1) is 23.5. The summed E-state index contributed by atoms with van der Waals surface area (Å²) in [5.41, 5.74) is 1.09. The number of nitrogens with zero attached hydrogens (tertiary/aromatic N) is 3. The van der Waals surface area contributed by atoms with Crippen molar-refractivity contribution in [3.05, 3.63) is 40.8 Å². The molecule has 9 heteroatoms. The van der Waals surface area contributed by atoms with E-state index in [2.05, 4.69) is 15.2 Å². The SMILES string of the molecule is CCCCOC(=O)c1ccc(NC(=O)c2cc3c(N4CCCCC4)nc(SC)nc3s2)cc1. The van der Waals surface area contributed by atoms with Crippen LogP contribution in [0.2, 0.25) is 0 Å². The second-order valence-electron chi connectivity index (χ2n) is 7.93. The van der Waals surface area contributed by atoms with Gasteiger partial charge in [0.15, 0.2) is 5.16 Å². The Morgan fingerprint density at radius 1 is 1.15 bits per heavy atom. The maximum absolute atomic E-state index is 13.0. The van der Waals surface area contributed by atoms with Gasteiger partial charge in [-0.05, 0) is 62.3 Å². The van der Waals surface area contributed by atoms with Gasteiger partial charge in [-0.1, -0.05) is 25.1 Å². The van der Waals surface area contributed by atoms with Crippen molar-refractivity contribution in [1.29, 1.82) is 0 Å². The summed E-state index contributed by atoms with van der Waals surface area (Å²) in [5.74, 6) is 0.371. The van der Waals surface area contributed by atoms with Crippen molar-refractivity contribution < 1.29 is 14.3 Å². The summed E-state index contributed by atoms with van der Waals surface area (Å²) in [6.45, 7) is 4.42. The predicted octanol–water partition coefficient (Wildman–Crippen LogP) is 5.61. The van der Waals surface area contributed by atoms with Gasteiger partial charge in [0.1, 0.15) is 10.6 Å². The van der Waals surface area contributed by atoms with Crippen molar-refractivity contribution in [2.24, 2.45) is 0 Å². The summed E-state index contributed by atoms with van der Waals surface area (Å²) < 4.78 is 5.23. The van der Waals surface area contributed by atoms with Crippen molar-refractivity contribution in [3.8, 4) is 0 Å². The number of benzene rings is 1. The second kappa shape index (κ2) is 11.0. The monoisotopic (exact) mass is 484 g/mol. The topological polar surface area (TPSA) is 84.4 Å². The number of hydrogen-bond donors (Lipinski definition) is 1. The van der Waals surface area contributed by atoms with E-state index in [1.54, 1.807) is 24.3 Å². The van der Waals surface area contributed by atoms with Crippen LogP contribution >= 0.6 is 23.1 Å². The summed E-state index contributed by atoms with van der Waals surface area (Å²) in [4.78, 5) is 38.1. The fraction of sp³-hybridized carbons (Fsp3) is 0.417. The number of esters is 1. The molecule has 0 saturated carbocycles. The second-order valence-corrected chi connectivity index (χ2v) is 9.74. The Morgan fingerprint density at radius 2 is 1.91 bits per heavy atom. The largest absolute Gasteiger partial charge is 0.462 e. The average molecular weight is 485 g/mol. The van der Waals surface area contributed by atoms with Crippen LogP contribution < -0.4 is 10.2 Å². The molecule has 0 unspecified atom stereocenters. The van der Waals surface area contributed by atoms with Gasteiger partial charge in [0.05, 0.1) is 22.4 Å². The minimum Gasteiger partial charge on any atom is -0.462 e. The van der Waals surface area contributed by atoms with Crippen LogP contribution in [0, 0.1) is 0 Å². The number of rotatable bonds is 8. The Bertz CT molecular complexity index is 1120. The lowest BCUT2D eigenvalue weighted by atomic mass is 10.1. The van der Waals surface area contributed by atoms with E-state index in [9.17, 15) is 9.59 Å². The number of nitrogens with one attached hydrogen (secondary N) is 1. The number of carbonyl (C=O) groups is 2. The normalized spacial score (nSPS) is 13.8. The van der Waals surface area contributed by atoms with Crippen LogP contribution in [0.1, 0.15) is 59.1 Å². The molecule has 0 aliphatic carbocycles. The smallest absolute Gasteiger partial charge is 0.338 e. The zero-order valence-electron chi connectivity index (χ0n) is 18.9. The molecule has 0 bridgehead atoms. The number of piperidine rings is 1. The fourth-order valence-corrected chi connectivity index (χ4v) is 5.05. The minimum atomic E-state index is -0.348. The zero-order chi connectivity index (χ0) is 23.2. The van der Waals surface area contributed by atoms with Gasteiger partial charge in [-0.15, -0.1) is 11.3 Å². The number of aromatic nitrogens is 2. The number of hydrogen-bond acceptors (Lipinski definition) is 8. The Kier molecular flexibility index (Phi) is 7.82. The van der Waals surface area contributed by atoms with Gasteiger partial charge in [0.2, 0.25) is 0 Å². The first-order valence-corrected chi connectivity index (χ1v) is 13.3. The number of unbranched alkanes of at least 4 members (excludes halogenated alkanes) is 1. The lowest BCUT2D eigenvalue weighted by Gasteiger charge is -2.28. The number of ether oxygens (including phenoxy) is 1. The van der Waals surface area contributed by atoms with Gasteiger partial charge in [-0.2, -0.15) is 0 Å². The molecule has 2 aromatic heterocycles. The third-order valence-corrected chi connectivity index (χ3v) is 7.10. The van der Waals surface area contributed by atoms with E-state index in [1.165, 1.54) is 29.5 Å². The maximum Gasteiger partial charge on any atom is 0.338 e. The fourth-order valence-electron chi connectivity index (χ4n) is 3.71. The molecule has 1 amide bonds. The van der Waals surface area contributed by atoms with E-state index in [0.29, 0.717) is 22.7 Å². The van der Waals surface area contributed by atoms with E-state index in [4.69, 9.17) is 9.72 Å². The van der Waals surface area contributed by atoms with E-state index >= 15 is 0 Å². The summed E-state index contributed by atoms with van der Waals surface area (Å²) in [5, 5.41) is 4.56. The van der Waals surface area contributed by atoms with Crippen LogP contribution in [0.5, 0.6) is 0 Å². The molecule has 7 nitrogen and oxygen atoms in total. The lowest BCUT2D eigenvalue weighted by molar-refractivity contribution is 0.0499. The maximum atomic E-state index is 13.0. The van der Waals surface area contributed by atoms with E-state index < -0.39 is 0 Å². The number of anilines is 2. The van der Waals surface area contributed by atoms with Gasteiger partial charge >= 0.3 is 5.97 Å². The molecule has 1 N–H and O–H groups in total. The van der Waals surface area contributed by atoms with Crippen LogP contribution in [0.25, 0.3) is 10.2 Å². The van der Waals surface area contributed by atoms with Crippen molar-refractivity contribution in [3.63, 3.8) is 0 Å². The summed E-state index contributed by atoms with van der Waals surface area (Å²) in [6, 6.07) is 8.65. The molecule has 3 heterocycles. The summed E-state index contributed by atoms with van der Waals surface area (Å²) in [6.07, 6.45) is 7.33. The van der Waals surface area contributed by atoms with Crippen LogP contribution in [-0.2, 0) is 4.74 Å². The number of fused-ring (bicyclic) bond motifs is 1. The Balaban J connectivity index is 1.50. The highest BCUT2D eigenvalue weighted by molar-refractivity contribution is 7.98. The van der Waals surface area contributed by atoms with Gasteiger partial charge in [-0.3, -0.25) is 4.79 Å². The van der Waals surface area contributed by atoms with E-state index in [-0.39, 0.29) is 11.9 Å². The molecule has 4 rings (SSSR count). The molecular formula is C24H28N4O3S2. The van der Waals surface area contributed by atoms with Crippen LogP contribution in [0.3, 0.4) is 0 Å². The van der Waals surface area contributed by atoms with Gasteiger partial charge in [-0.25, -0.2) is 14.8 Å². The lowest BCUT2D eigenvalue weighted by Crippen LogP contribution is -2.30.